The summed E-state index contributed by atoms with van der Waals surface area (Å²) in [5, 5.41) is 9.30. The highest BCUT2D eigenvalue weighted by Crippen LogP contribution is 2.26. The van der Waals surface area contributed by atoms with E-state index in [1.807, 2.05) is 36.9 Å². The molecule has 0 radical (unpaired) electrons. The van der Waals surface area contributed by atoms with Gasteiger partial charge in [0.15, 0.2) is 5.65 Å². The van der Waals surface area contributed by atoms with Gasteiger partial charge in [-0.15, -0.1) is 11.3 Å². The van der Waals surface area contributed by atoms with Crippen molar-refractivity contribution in [3.8, 4) is 5.75 Å². The van der Waals surface area contributed by atoms with Gasteiger partial charge in [0, 0.05) is 38.4 Å². The Morgan fingerprint density at radius 2 is 1.83 bits per heavy atom. The van der Waals surface area contributed by atoms with Crippen molar-refractivity contribution in [1.29, 1.82) is 0 Å². The van der Waals surface area contributed by atoms with E-state index in [9.17, 15) is 4.79 Å². The van der Waals surface area contributed by atoms with E-state index in [4.69, 9.17) is 4.74 Å². The summed E-state index contributed by atoms with van der Waals surface area (Å²) >= 11 is 1.41. The van der Waals surface area contributed by atoms with Crippen LogP contribution >= 0.6 is 11.3 Å². The zero-order valence-electron chi connectivity index (χ0n) is 20.1. The lowest BCUT2D eigenvalue weighted by molar-refractivity contribution is 0.0955. The molecule has 0 aliphatic carbocycles. The molecule has 35 heavy (non-hydrogen) atoms. The number of carbonyl (C=O) groups excluding carboxylic acids is 1. The van der Waals surface area contributed by atoms with Crippen LogP contribution in [0.4, 0.5) is 11.5 Å². The molecule has 1 amide bonds. The van der Waals surface area contributed by atoms with Gasteiger partial charge in [-0.3, -0.25) is 4.79 Å². The van der Waals surface area contributed by atoms with E-state index in [1.54, 1.807) is 13.4 Å². The molecule has 1 saturated heterocycles. The molecule has 0 bridgehead atoms. The maximum Gasteiger partial charge on any atom is 0.263 e. The molecule has 5 rings (SSSR count). The highest BCUT2D eigenvalue weighted by molar-refractivity contribution is 7.13. The largest absolute Gasteiger partial charge is 0.497 e. The molecule has 0 unspecified atom stereocenters. The molecule has 10 nitrogen and oxygen atoms in total. The Morgan fingerprint density at radius 1 is 1.09 bits per heavy atom. The number of piperazine rings is 1. The highest BCUT2D eigenvalue weighted by Gasteiger charge is 2.22. The fourth-order valence-corrected chi connectivity index (χ4v) is 5.20. The second-order valence-corrected chi connectivity index (χ2v) is 9.58. The van der Waals surface area contributed by atoms with Gasteiger partial charge in [-0.05, 0) is 38.1 Å². The van der Waals surface area contributed by atoms with Crippen LogP contribution in [-0.2, 0) is 6.54 Å². The molecule has 182 valence electrons. The molecule has 1 fully saturated rings. The van der Waals surface area contributed by atoms with Gasteiger partial charge in [0.05, 0.1) is 35.9 Å². The zero-order valence-corrected chi connectivity index (χ0v) is 20.9. The highest BCUT2D eigenvalue weighted by atomic mass is 32.1. The molecule has 1 N–H and O–H groups in total. The van der Waals surface area contributed by atoms with Gasteiger partial charge in [-0.2, -0.15) is 5.10 Å². The van der Waals surface area contributed by atoms with Crippen molar-refractivity contribution in [1.82, 2.24) is 30.0 Å². The van der Waals surface area contributed by atoms with Crippen LogP contribution in [0.5, 0.6) is 5.75 Å². The number of ether oxygens (including phenoxy) is 1. The molecule has 1 aliphatic heterocycles. The second kappa shape index (κ2) is 9.87. The molecule has 0 spiro atoms. The third-order valence-corrected chi connectivity index (χ3v) is 7.22. The molecule has 1 aliphatic rings. The quantitative estimate of drug-likeness (QED) is 0.420. The van der Waals surface area contributed by atoms with Crippen LogP contribution in [0.15, 0.2) is 36.8 Å². The van der Waals surface area contributed by atoms with E-state index in [1.165, 1.54) is 17.0 Å². The average molecular weight is 493 g/mol. The molecule has 4 heterocycles. The summed E-state index contributed by atoms with van der Waals surface area (Å²) in [4.78, 5) is 31.2. The number of anilines is 2. The summed E-state index contributed by atoms with van der Waals surface area (Å²) in [5.41, 5.74) is 2.72. The molecule has 0 saturated carbocycles. The van der Waals surface area contributed by atoms with Crippen molar-refractivity contribution in [2.75, 3.05) is 49.6 Å². The van der Waals surface area contributed by atoms with E-state index in [0.717, 1.165) is 59.5 Å². The SMILES string of the molecule is COc1ccc(N2CCN(c3ncnc4c3cnn4CCNC(=O)c3sc(C)nc3C)CC2)cc1. The Bertz CT molecular complexity index is 1330. The van der Waals surface area contributed by atoms with Crippen molar-refractivity contribution in [2.45, 2.75) is 20.4 Å². The number of methoxy groups -OCH3 is 1. The monoisotopic (exact) mass is 492 g/mol. The van der Waals surface area contributed by atoms with E-state index in [-0.39, 0.29) is 5.91 Å². The lowest BCUT2D eigenvalue weighted by Crippen LogP contribution is -2.46. The zero-order chi connectivity index (χ0) is 24.4. The van der Waals surface area contributed by atoms with Crippen molar-refractivity contribution < 1.29 is 9.53 Å². The average Bonchev–Trinajstić information content (AvgIpc) is 3.46. The Kier molecular flexibility index (Phi) is 6.49. The molecule has 11 heteroatoms. The number of thiazole rings is 1. The topological polar surface area (TPSA) is 101 Å². The van der Waals surface area contributed by atoms with E-state index in [0.29, 0.717) is 18.0 Å². The van der Waals surface area contributed by atoms with Crippen LogP contribution in [0.2, 0.25) is 0 Å². The normalized spacial score (nSPS) is 13.9. The van der Waals surface area contributed by atoms with Crippen LogP contribution in [0, 0.1) is 13.8 Å². The molecule has 1 aromatic carbocycles. The molecule has 3 aromatic heterocycles. The van der Waals surface area contributed by atoms with E-state index < -0.39 is 0 Å². The van der Waals surface area contributed by atoms with E-state index >= 15 is 0 Å². The minimum atomic E-state index is -0.102. The van der Waals surface area contributed by atoms with Crippen molar-refractivity contribution >= 4 is 39.8 Å². The van der Waals surface area contributed by atoms with Crippen molar-refractivity contribution in [3.63, 3.8) is 0 Å². The van der Waals surface area contributed by atoms with Crippen LogP contribution in [0.25, 0.3) is 11.0 Å². The summed E-state index contributed by atoms with van der Waals surface area (Å²) in [7, 11) is 1.68. The van der Waals surface area contributed by atoms with Gasteiger partial charge in [0.2, 0.25) is 0 Å². The maximum atomic E-state index is 12.5. The fourth-order valence-electron chi connectivity index (χ4n) is 4.36. The van der Waals surface area contributed by atoms with Crippen LogP contribution in [-0.4, -0.2) is 70.5 Å². The third kappa shape index (κ3) is 4.76. The van der Waals surface area contributed by atoms with Crippen LogP contribution in [0.3, 0.4) is 0 Å². The fraction of sp³-hybridized carbons (Fsp3) is 0.375. The molecule has 0 atom stereocenters. The molecule has 4 aromatic rings. The minimum absolute atomic E-state index is 0.102. The lowest BCUT2D eigenvalue weighted by Gasteiger charge is -2.36. The maximum absolute atomic E-state index is 12.5. The number of amides is 1. The smallest absolute Gasteiger partial charge is 0.263 e. The van der Waals surface area contributed by atoms with Gasteiger partial charge < -0.3 is 19.9 Å². The predicted molar refractivity (Wildman–Crippen MR) is 137 cm³/mol. The first-order chi connectivity index (χ1) is 17.0. The number of hydrogen-bond donors (Lipinski definition) is 1. The number of aromatic nitrogens is 5. The van der Waals surface area contributed by atoms with Gasteiger partial charge >= 0.3 is 0 Å². The Balaban J connectivity index is 1.22. The number of hydrogen-bond acceptors (Lipinski definition) is 9. The molecular weight excluding hydrogens is 464 g/mol. The Labute approximate surface area is 207 Å². The number of benzene rings is 1. The predicted octanol–water partition coefficient (Wildman–Crippen LogP) is 2.66. The van der Waals surface area contributed by atoms with Crippen molar-refractivity contribution in [3.05, 3.63) is 52.4 Å². The number of fused-ring (bicyclic) bond motifs is 1. The first-order valence-electron chi connectivity index (χ1n) is 11.6. The lowest BCUT2D eigenvalue weighted by atomic mass is 10.2. The van der Waals surface area contributed by atoms with E-state index in [2.05, 4.69) is 47.3 Å². The van der Waals surface area contributed by atoms with Crippen LogP contribution in [0.1, 0.15) is 20.4 Å². The first-order valence-corrected chi connectivity index (χ1v) is 12.4. The summed E-state index contributed by atoms with van der Waals surface area (Å²) in [5.74, 6) is 1.66. The summed E-state index contributed by atoms with van der Waals surface area (Å²) in [6.45, 7) is 8.23. The minimum Gasteiger partial charge on any atom is -0.497 e. The standard InChI is InChI=1S/C24H28N8O2S/c1-16-21(35-17(2)29-16)24(33)25-8-9-32-23-20(14-28-32)22(26-15-27-23)31-12-10-30(11-13-31)18-4-6-19(34-3)7-5-18/h4-7,14-15H,8-13H2,1-3H3,(H,25,33). The Hall–Kier alpha value is -3.73. The van der Waals surface area contributed by atoms with Gasteiger partial charge in [0.25, 0.3) is 5.91 Å². The number of aryl methyl sites for hydroxylation is 2. The summed E-state index contributed by atoms with van der Waals surface area (Å²) in [6, 6.07) is 8.17. The first kappa shape index (κ1) is 23.0. The van der Waals surface area contributed by atoms with Gasteiger partial charge in [0.1, 0.15) is 22.8 Å². The van der Waals surface area contributed by atoms with Crippen molar-refractivity contribution in [2.24, 2.45) is 0 Å². The van der Waals surface area contributed by atoms with Gasteiger partial charge in [-0.25, -0.2) is 19.6 Å². The number of carbonyl (C=O) groups is 1. The second-order valence-electron chi connectivity index (χ2n) is 8.38. The summed E-state index contributed by atoms with van der Waals surface area (Å²) in [6.07, 6.45) is 3.41. The Morgan fingerprint density at radius 3 is 2.51 bits per heavy atom. The molecular formula is C24H28N8O2S. The number of nitrogens with zero attached hydrogens (tertiary/aromatic N) is 7. The third-order valence-electron chi connectivity index (χ3n) is 6.15. The van der Waals surface area contributed by atoms with Crippen LogP contribution < -0.4 is 19.9 Å². The summed E-state index contributed by atoms with van der Waals surface area (Å²) < 4.78 is 7.08. The van der Waals surface area contributed by atoms with Gasteiger partial charge in [-0.1, -0.05) is 0 Å². The number of rotatable bonds is 7. The number of nitrogens with one attached hydrogen (secondary N) is 1.